The van der Waals surface area contributed by atoms with E-state index in [1.54, 1.807) is 0 Å². The van der Waals surface area contributed by atoms with Crippen LogP contribution in [0.1, 0.15) is 13.0 Å². The Labute approximate surface area is 79.3 Å². The molecule has 1 unspecified atom stereocenters. The van der Waals surface area contributed by atoms with E-state index in [1.165, 1.54) is 17.9 Å². The number of amides is 3. The van der Waals surface area contributed by atoms with Gasteiger partial charge in [0.15, 0.2) is 0 Å². The lowest BCUT2D eigenvalue weighted by Gasteiger charge is -2.09. The summed E-state index contributed by atoms with van der Waals surface area (Å²) >= 11 is 0. The van der Waals surface area contributed by atoms with E-state index in [-0.39, 0.29) is 5.95 Å². The highest BCUT2D eigenvalue weighted by atomic mass is 16.2. The fraction of sp³-hybridized carbons (Fsp3) is 0.333. The lowest BCUT2D eigenvalue weighted by Crippen LogP contribution is -2.39. The number of rotatable bonds is 2. The number of nitrogen functional groups attached to an aromatic ring is 1. The molecule has 1 atom stereocenters. The van der Waals surface area contributed by atoms with Gasteiger partial charge in [0.05, 0.1) is 0 Å². The maximum atomic E-state index is 11.2. The van der Waals surface area contributed by atoms with Gasteiger partial charge in [-0.2, -0.15) is 0 Å². The van der Waals surface area contributed by atoms with Gasteiger partial charge in [0.25, 0.3) is 5.91 Å². The van der Waals surface area contributed by atoms with Crippen LogP contribution in [0.5, 0.6) is 0 Å². The van der Waals surface area contributed by atoms with Crippen LogP contribution in [0.15, 0.2) is 6.33 Å². The summed E-state index contributed by atoms with van der Waals surface area (Å²) in [5.74, 6) is -0.508. The van der Waals surface area contributed by atoms with Crippen LogP contribution in [0.3, 0.4) is 0 Å². The summed E-state index contributed by atoms with van der Waals surface area (Å²) in [5.41, 5.74) is 10.0. The number of carbonyl (C=O) groups excluding carboxylic acids is 2. The Hall–Kier alpha value is -2.12. The van der Waals surface area contributed by atoms with Crippen molar-refractivity contribution in [1.82, 2.24) is 20.1 Å². The van der Waals surface area contributed by atoms with Crippen molar-refractivity contribution in [2.45, 2.75) is 13.0 Å². The van der Waals surface area contributed by atoms with Gasteiger partial charge in [0, 0.05) is 0 Å². The fourth-order valence-electron chi connectivity index (χ4n) is 0.821. The number of nitrogens with zero attached hydrogens (tertiary/aromatic N) is 3. The zero-order chi connectivity index (χ0) is 10.7. The van der Waals surface area contributed by atoms with Gasteiger partial charge < -0.3 is 11.5 Å². The van der Waals surface area contributed by atoms with E-state index in [9.17, 15) is 9.59 Å². The first-order chi connectivity index (χ1) is 6.50. The molecular weight excluding hydrogens is 188 g/mol. The first kappa shape index (κ1) is 9.96. The van der Waals surface area contributed by atoms with Crippen LogP contribution in [0.4, 0.5) is 10.7 Å². The molecule has 0 fully saturated rings. The summed E-state index contributed by atoms with van der Waals surface area (Å²) in [4.78, 5) is 25.2. The highest BCUT2D eigenvalue weighted by Gasteiger charge is 2.17. The molecule has 0 bridgehead atoms. The molecule has 0 aliphatic rings. The quantitative estimate of drug-likeness (QED) is 0.539. The molecule has 1 rings (SSSR count). The number of imide groups is 1. The van der Waals surface area contributed by atoms with E-state index in [1.807, 2.05) is 5.32 Å². The molecule has 0 aromatic carbocycles. The predicted molar refractivity (Wildman–Crippen MR) is 46.9 cm³/mol. The van der Waals surface area contributed by atoms with Gasteiger partial charge in [-0.05, 0) is 6.92 Å². The van der Waals surface area contributed by atoms with Crippen LogP contribution in [-0.4, -0.2) is 26.7 Å². The Bertz CT molecular complexity index is 359. The maximum absolute atomic E-state index is 11.2. The normalized spacial score (nSPS) is 12.1. The van der Waals surface area contributed by atoms with Gasteiger partial charge >= 0.3 is 6.03 Å². The van der Waals surface area contributed by atoms with E-state index < -0.39 is 18.0 Å². The smallest absolute Gasteiger partial charge is 0.318 e. The second-order valence-corrected chi connectivity index (χ2v) is 2.61. The first-order valence-electron chi connectivity index (χ1n) is 3.77. The number of urea groups is 1. The number of aromatic nitrogens is 3. The minimum atomic E-state index is -0.907. The second kappa shape index (κ2) is 3.73. The summed E-state index contributed by atoms with van der Waals surface area (Å²) in [6.07, 6.45) is 1.29. The van der Waals surface area contributed by atoms with Crippen molar-refractivity contribution in [1.29, 1.82) is 0 Å². The third-order valence-corrected chi connectivity index (χ3v) is 1.55. The number of nitrogens with two attached hydrogens (primary N) is 2. The summed E-state index contributed by atoms with van der Waals surface area (Å²) < 4.78 is 1.23. The number of hydrogen-bond acceptors (Lipinski definition) is 5. The molecule has 8 nitrogen and oxygen atoms in total. The van der Waals surface area contributed by atoms with Crippen LogP contribution < -0.4 is 16.8 Å². The third kappa shape index (κ3) is 2.19. The maximum Gasteiger partial charge on any atom is 0.318 e. The first-order valence-corrected chi connectivity index (χ1v) is 3.77. The molecule has 3 amide bonds. The van der Waals surface area contributed by atoms with Crippen molar-refractivity contribution >= 4 is 17.9 Å². The Morgan fingerprint density at radius 1 is 1.64 bits per heavy atom. The highest BCUT2D eigenvalue weighted by molar-refractivity contribution is 5.95. The van der Waals surface area contributed by atoms with E-state index >= 15 is 0 Å². The van der Waals surface area contributed by atoms with Crippen molar-refractivity contribution in [3.05, 3.63) is 6.33 Å². The Balaban J connectivity index is 2.70. The molecule has 0 saturated heterocycles. The van der Waals surface area contributed by atoms with Crippen LogP contribution >= 0.6 is 0 Å². The van der Waals surface area contributed by atoms with Crippen LogP contribution in [0.2, 0.25) is 0 Å². The van der Waals surface area contributed by atoms with Crippen molar-refractivity contribution < 1.29 is 9.59 Å². The third-order valence-electron chi connectivity index (χ3n) is 1.55. The van der Waals surface area contributed by atoms with Crippen LogP contribution in [0.25, 0.3) is 0 Å². The molecule has 0 aliphatic heterocycles. The standard InChI is InChI=1S/C6H10N6O2/c1-3(4(13)10-6(8)14)12-2-9-5(7)11-12/h2-3H,1H3,(H2,7,11)(H3,8,10,13,14). The molecule has 1 aromatic rings. The molecule has 76 valence electrons. The van der Waals surface area contributed by atoms with Gasteiger partial charge in [-0.3, -0.25) is 10.1 Å². The van der Waals surface area contributed by atoms with Crippen molar-refractivity contribution in [2.24, 2.45) is 5.73 Å². The monoisotopic (exact) mass is 198 g/mol. The minimum absolute atomic E-state index is 0.0590. The number of primary amides is 1. The number of anilines is 1. The molecule has 1 heterocycles. The number of carbonyl (C=O) groups is 2. The number of nitrogens with one attached hydrogen (secondary N) is 1. The van der Waals surface area contributed by atoms with Crippen molar-refractivity contribution in [3.8, 4) is 0 Å². The fourth-order valence-corrected chi connectivity index (χ4v) is 0.821. The molecular formula is C6H10N6O2. The molecule has 5 N–H and O–H groups in total. The van der Waals surface area contributed by atoms with Gasteiger partial charge in [0.1, 0.15) is 12.4 Å². The summed E-state index contributed by atoms with van der Waals surface area (Å²) in [5, 5.41) is 5.63. The number of hydrogen-bond donors (Lipinski definition) is 3. The topological polar surface area (TPSA) is 129 Å². The summed E-state index contributed by atoms with van der Waals surface area (Å²) in [7, 11) is 0. The van der Waals surface area contributed by atoms with Crippen molar-refractivity contribution in [3.63, 3.8) is 0 Å². The molecule has 0 aliphatic carbocycles. The van der Waals surface area contributed by atoms with E-state index in [2.05, 4.69) is 10.1 Å². The largest absolute Gasteiger partial charge is 0.367 e. The van der Waals surface area contributed by atoms with Gasteiger partial charge in [-0.15, -0.1) is 5.10 Å². The Morgan fingerprint density at radius 3 is 2.71 bits per heavy atom. The Morgan fingerprint density at radius 2 is 2.29 bits per heavy atom. The SMILES string of the molecule is CC(C(=O)NC(N)=O)n1cnc(N)n1. The second-order valence-electron chi connectivity index (χ2n) is 2.61. The lowest BCUT2D eigenvalue weighted by molar-refractivity contribution is -0.122. The molecule has 14 heavy (non-hydrogen) atoms. The molecule has 0 spiro atoms. The van der Waals surface area contributed by atoms with E-state index in [0.29, 0.717) is 0 Å². The van der Waals surface area contributed by atoms with Crippen LogP contribution in [-0.2, 0) is 4.79 Å². The minimum Gasteiger partial charge on any atom is -0.367 e. The van der Waals surface area contributed by atoms with Gasteiger partial charge in [0.2, 0.25) is 5.95 Å². The van der Waals surface area contributed by atoms with Crippen molar-refractivity contribution in [2.75, 3.05) is 5.73 Å². The van der Waals surface area contributed by atoms with Gasteiger partial charge in [-0.1, -0.05) is 0 Å². The summed E-state index contributed by atoms with van der Waals surface area (Å²) in [6.45, 7) is 1.53. The van der Waals surface area contributed by atoms with E-state index in [4.69, 9.17) is 11.5 Å². The predicted octanol–water partition coefficient (Wildman–Crippen LogP) is -1.38. The highest BCUT2D eigenvalue weighted by Crippen LogP contribution is 2.03. The van der Waals surface area contributed by atoms with Gasteiger partial charge in [-0.25, -0.2) is 14.5 Å². The molecule has 8 heteroatoms. The van der Waals surface area contributed by atoms with E-state index in [0.717, 1.165) is 0 Å². The summed E-state index contributed by atoms with van der Waals surface area (Å²) in [6, 6.07) is -1.60. The average molecular weight is 198 g/mol. The Kier molecular flexibility index (Phi) is 2.65. The molecule has 0 radical (unpaired) electrons. The average Bonchev–Trinajstić information content (AvgIpc) is 2.49. The molecule has 0 saturated carbocycles. The molecule has 1 aromatic heterocycles. The zero-order valence-electron chi connectivity index (χ0n) is 7.47. The zero-order valence-corrected chi connectivity index (χ0v) is 7.47. The van der Waals surface area contributed by atoms with Crippen LogP contribution in [0, 0.1) is 0 Å². The lowest BCUT2D eigenvalue weighted by atomic mass is 10.3.